The monoisotopic (exact) mass is 527 g/mol. The van der Waals surface area contributed by atoms with E-state index in [0.717, 1.165) is 25.6 Å². The Bertz CT molecular complexity index is 1050. The van der Waals surface area contributed by atoms with Crippen LogP contribution in [-0.4, -0.2) is 80.4 Å². The van der Waals surface area contributed by atoms with Crippen LogP contribution >= 0.6 is 0 Å². The Hall–Kier alpha value is -2.21. The standard InChI is InChI=1S/C25H36F3N5O4/c1-23(2,3)20(33-12-18(30-31-33)13-5-6-13)22(36)32-11-16(34)9-19(32)21(35)29-17-8-15-7-14(17)10-24(15,37-4)25(26,27)28/h12-17,19-20,34H,5-11H2,1-4H3,(H,29,35)/t14-,15-,16-,17+,19+,20-,24-/m1/s1. The molecule has 1 aliphatic heterocycles. The smallest absolute Gasteiger partial charge is 0.391 e. The zero-order valence-corrected chi connectivity index (χ0v) is 21.7. The van der Waals surface area contributed by atoms with Crippen LogP contribution in [0.15, 0.2) is 6.20 Å². The van der Waals surface area contributed by atoms with Crippen molar-refractivity contribution in [2.75, 3.05) is 13.7 Å². The summed E-state index contributed by atoms with van der Waals surface area (Å²) < 4.78 is 47.8. The second-order valence-corrected chi connectivity index (χ2v) is 12.4. The van der Waals surface area contributed by atoms with Crippen LogP contribution in [0.2, 0.25) is 0 Å². The van der Waals surface area contributed by atoms with Crippen molar-refractivity contribution in [1.82, 2.24) is 25.2 Å². The number of nitrogens with zero attached hydrogens (tertiary/aromatic N) is 4. The number of carbonyl (C=O) groups excluding carboxylic acids is 2. The molecule has 1 aromatic heterocycles. The average Bonchev–Trinajstić information content (AvgIpc) is 3.13. The number of carbonyl (C=O) groups is 2. The summed E-state index contributed by atoms with van der Waals surface area (Å²) in [5, 5.41) is 21.8. The molecule has 7 atom stereocenters. The zero-order chi connectivity index (χ0) is 26.9. The Labute approximate surface area is 214 Å². The average molecular weight is 528 g/mol. The van der Waals surface area contributed by atoms with Gasteiger partial charge in [0.25, 0.3) is 0 Å². The van der Waals surface area contributed by atoms with Gasteiger partial charge in [-0.2, -0.15) is 13.2 Å². The Morgan fingerprint density at radius 1 is 1.22 bits per heavy atom. The Morgan fingerprint density at radius 2 is 1.92 bits per heavy atom. The van der Waals surface area contributed by atoms with Crippen LogP contribution in [0.4, 0.5) is 13.2 Å². The van der Waals surface area contributed by atoms with Gasteiger partial charge in [0.2, 0.25) is 11.8 Å². The van der Waals surface area contributed by atoms with Crippen LogP contribution < -0.4 is 5.32 Å². The lowest BCUT2D eigenvalue weighted by Gasteiger charge is -2.40. The van der Waals surface area contributed by atoms with E-state index in [9.17, 15) is 27.9 Å². The first kappa shape index (κ1) is 26.4. The molecule has 206 valence electrons. The molecule has 5 rings (SSSR count). The maximum absolute atomic E-state index is 13.9. The van der Waals surface area contributed by atoms with Gasteiger partial charge in [-0.15, -0.1) is 5.10 Å². The highest BCUT2D eigenvalue weighted by Gasteiger charge is 2.68. The summed E-state index contributed by atoms with van der Waals surface area (Å²) in [5.41, 5.74) is -1.87. The number of rotatable bonds is 6. The van der Waals surface area contributed by atoms with E-state index in [0.29, 0.717) is 12.3 Å². The first-order valence-corrected chi connectivity index (χ1v) is 13.1. The van der Waals surface area contributed by atoms with Crippen LogP contribution in [-0.2, 0) is 14.3 Å². The molecule has 0 aromatic carbocycles. The second kappa shape index (κ2) is 8.93. The number of halogens is 3. The minimum absolute atomic E-state index is 0.00522. The van der Waals surface area contributed by atoms with Gasteiger partial charge in [0.05, 0.1) is 11.8 Å². The number of amides is 2. The van der Waals surface area contributed by atoms with E-state index >= 15 is 0 Å². The molecule has 9 nitrogen and oxygen atoms in total. The predicted molar refractivity (Wildman–Crippen MR) is 125 cm³/mol. The molecule has 12 heteroatoms. The maximum atomic E-state index is 13.9. The van der Waals surface area contributed by atoms with Gasteiger partial charge in [-0.3, -0.25) is 9.59 Å². The molecule has 0 radical (unpaired) electrons. The summed E-state index contributed by atoms with van der Waals surface area (Å²) in [6, 6.07) is -2.06. The number of hydrogen-bond donors (Lipinski definition) is 2. The Morgan fingerprint density at radius 3 is 2.46 bits per heavy atom. The second-order valence-electron chi connectivity index (χ2n) is 12.4. The number of fused-ring (bicyclic) bond motifs is 2. The highest BCUT2D eigenvalue weighted by Crippen LogP contribution is 2.58. The molecule has 2 amide bonds. The molecule has 2 N–H and O–H groups in total. The van der Waals surface area contributed by atoms with Crippen LogP contribution in [0.25, 0.3) is 0 Å². The van der Waals surface area contributed by atoms with Crippen LogP contribution in [0.3, 0.4) is 0 Å². The quantitative estimate of drug-likeness (QED) is 0.589. The molecular formula is C25H36F3N5O4. The van der Waals surface area contributed by atoms with Gasteiger partial charge in [-0.1, -0.05) is 26.0 Å². The minimum Gasteiger partial charge on any atom is -0.391 e. The Kier molecular flexibility index (Phi) is 6.37. The molecule has 37 heavy (non-hydrogen) atoms. The Balaban J connectivity index is 1.30. The number of methoxy groups -OCH3 is 1. The summed E-state index contributed by atoms with van der Waals surface area (Å²) in [6.45, 7) is 5.74. The fourth-order valence-corrected chi connectivity index (χ4v) is 6.78. The fraction of sp³-hybridized carbons (Fsp3) is 0.840. The summed E-state index contributed by atoms with van der Waals surface area (Å²) >= 11 is 0. The first-order chi connectivity index (χ1) is 17.2. The third-order valence-electron chi connectivity index (χ3n) is 8.80. The van der Waals surface area contributed by atoms with E-state index in [1.54, 1.807) is 10.9 Å². The number of ether oxygens (including phenoxy) is 1. The van der Waals surface area contributed by atoms with Crippen molar-refractivity contribution in [3.63, 3.8) is 0 Å². The lowest BCUT2D eigenvalue weighted by Crippen LogP contribution is -2.56. The number of nitrogens with one attached hydrogen (secondary N) is 1. The van der Waals surface area contributed by atoms with Gasteiger partial charge < -0.3 is 20.1 Å². The molecule has 0 spiro atoms. The molecule has 3 aliphatic carbocycles. The van der Waals surface area contributed by atoms with E-state index in [2.05, 4.69) is 15.6 Å². The van der Waals surface area contributed by atoms with Gasteiger partial charge in [0.1, 0.15) is 12.1 Å². The van der Waals surface area contributed by atoms with E-state index in [4.69, 9.17) is 4.74 Å². The topological polar surface area (TPSA) is 110 Å². The van der Waals surface area contributed by atoms with Crippen LogP contribution in [0, 0.1) is 17.3 Å². The third-order valence-corrected chi connectivity index (χ3v) is 8.80. The third kappa shape index (κ3) is 4.53. The van der Waals surface area contributed by atoms with Gasteiger partial charge >= 0.3 is 6.18 Å². The van der Waals surface area contributed by atoms with Gasteiger partial charge in [0.15, 0.2) is 5.60 Å². The predicted octanol–water partition coefficient (Wildman–Crippen LogP) is 2.57. The largest absolute Gasteiger partial charge is 0.417 e. The van der Waals surface area contributed by atoms with Gasteiger partial charge in [0, 0.05) is 38.2 Å². The molecule has 4 aliphatic rings. The van der Waals surface area contributed by atoms with E-state index < -0.39 is 53.2 Å². The summed E-state index contributed by atoms with van der Waals surface area (Å²) in [4.78, 5) is 28.6. The van der Waals surface area contributed by atoms with Crippen molar-refractivity contribution in [1.29, 1.82) is 0 Å². The van der Waals surface area contributed by atoms with Crippen molar-refractivity contribution in [3.8, 4) is 0 Å². The SMILES string of the molecule is CO[C@]1(C(F)(F)F)C[C@H]2C[C@@H]1C[C@@H]2NC(=O)[C@@H]1C[C@@H](O)CN1C(=O)[C@@H](n1cc(C2CC2)nn1)C(C)(C)C. The van der Waals surface area contributed by atoms with E-state index in [1.165, 1.54) is 4.90 Å². The van der Waals surface area contributed by atoms with Crippen molar-refractivity contribution in [3.05, 3.63) is 11.9 Å². The molecular weight excluding hydrogens is 491 g/mol. The number of alkyl halides is 3. The molecule has 0 unspecified atom stereocenters. The summed E-state index contributed by atoms with van der Waals surface area (Å²) in [6.07, 6.45) is -1.08. The minimum atomic E-state index is -4.47. The number of likely N-dealkylation sites (tertiary alicyclic amines) is 1. The maximum Gasteiger partial charge on any atom is 0.417 e. The molecule has 2 bridgehead atoms. The summed E-state index contributed by atoms with van der Waals surface area (Å²) in [7, 11) is 1.10. The number of β-amino-alcohol motifs (C(OH)–C–C–N with tert-alkyl or cyclic N) is 1. The van der Waals surface area contributed by atoms with Crippen molar-refractivity contribution in [2.45, 2.75) is 101 Å². The first-order valence-electron chi connectivity index (χ1n) is 13.1. The van der Waals surface area contributed by atoms with Crippen LogP contribution in [0.1, 0.15) is 76.9 Å². The lowest BCUT2D eigenvalue weighted by molar-refractivity contribution is -0.287. The fourth-order valence-electron chi connectivity index (χ4n) is 6.78. The summed E-state index contributed by atoms with van der Waals surface area (Å²) in [5.74, 6) is -1.49. The highest BCUT2D eigenvalue weighted by molar-refractivity contribution is 5.90. The van der Waals surface area contributed by atoms with Crippen molar-refractivity contribution < 1.29 is 32.6 Å². The lowest BCUT2D eigenvalue weighted by atomic mass is 9.81. The number of aliphatic hydroxyl groups excluding tert-OH is 1. The van der Waals surface area contributed by atoms with Crippen LogP contribution in [0.5, 0.6) is 0 Å². The number of hydrogen-bond acceptors (Lipinski definition) is 6. The normalized spacial score (nSPS) is 34.7. The van der Waals surface area contributed by atoms with E-state index in [1.807, 2.05) is 20.8 Å². The molecule has 1 saturated heterocycles. The molecule has 3 saturated carbocycles. The van der Waals surface area contributed by atoms with Crippen molar-refractivity contribution >= 4 is 11.8 Å². The number of aromatic nitrogens is 3. The molecule has 4 fully saturated rings. The molecule has 1 aromatic rings. The van der Waals surface area contributed by atoms with Gasteiger partial charge in [-0.25, -0.2) is 4.68 Å². The molecule has 2 heterocycles. The van der Waals surface area contributed by atoms with Gasteiger partial charge in [-0.05, 0) is 49.4 Å². The van der Waals surface area contributed by atoms with E-state index in [-0.39, 0.29) is 37.6 Å². The number of aliphatic hydroxyl groups is 1. The van der Waals surface area contributed by atoms with Crippen molar-refractivity contribution in [2.24, 2.45) is 17.3 Å². The zero-order valence-electron chi connectivity index (χ0n) is 21.7. The highest BCUT2D eigenvalue weighted by atomic mass is 19.4.